The summed E-state index contributed by atoms with van der Waals surface area (Å²) in [4.78, 5) is 11.7. The monoisotopic (exact) mass is 267 g/mol. The van der Waals surface area contributed by atoms with Gasteiger partial charge < -0.3 is 0 Å². The van der Waals surface area contributed by atoms with E-state index in [0.29, 0.717) is 11.4 Å². The third kappa shape index (κ3) is 3.51. The maximum Gasteiger partial charge on any atom is 0.245 e. The molecule has 0 bridgehead atoms. The van der Waals surface area contributed by atoms with Crippen molar-refractivity contribution in [2.45, 2.75) is 20.8 Å². The van der Waals surface area contributed by atoms with Crippen LogP contribution in [-0.2, 0) is 4.79 Å². The summed E-state index contributed by atoms with van der Waals surface area (Å²) < 4.78 is 0. The smallest absolute Gasteiger partial charge is 0.245 e. The summed E-state index contributed by atoms with van der Waals surface area (Å²) in [5.74, 6) is -0.176. The predicted octanol–water partition coefficient (Wildman–Crippen LogP) is 4.36. The van der Waals surface area contributed by atoms with E-state index >= 15 is 0 Å². The molecule has 0 spiro atoms. The fourth-order valence-electron chi connectivity index (χ4n) is 1.69. The first kappa shape index (κ1) is 13.9. The molecule has 0 aliphatic rings. The Balaban J connectivity index is 2.23. The second-order valence-electron chi connectivity index (χ2n) is 4.69. The zero-order valence-electron chi connectivity index (χ0n) is 11.9. The molecule has 0 atom stereocenters. The van der Waals surface area contributed by atoms with Gasteiger partial charge in [0.2, 0.25) is 5.91 Å². The minimum atomic E-state index is -0.176. The van der Waals surface area contributed by atoms with Crippen LogP contribution < -0.4 is 5.01 Å². The van der Waals surface area contributed by atoms with Crippen molar-refractivity contribution < 1.29 is 4.79 Å². The van der Waals surface area contributed by atoms with Crippen LogP contribution in [0.4, 0.5) is 11.4 Å². The molecular weight excluding hydrogens is 250 g/mol. The van der Waals surface area contributed by atoms with Gasteiger partial charge in [-0.25, -0.2) is 0 Å². The van der Waals surface area contributed by atoms with Gasteiger partial charge in [-0.05, 0) is 38.1 Å². The molecule has 0 N–H and O–H groups in total. The van der Waals surface area contributed by atoms with Crippen LogP contribution in [0.2, 0.25) is 0 Å². The summed E-state index contributed by atoms with van der Waals surface area (Å²) in [6.07, 6.45) is 0. The molecule has 0 heterocycles. The van der Waals surface area contributed by atoms with Crippen molar-refractivity contribution in [2.24, 2.45) is 10.3 Å². The molecule has 0 fully saturated rings. The quantitative estimate of drug-likeness (QED) is 0.602. The summed E-state index contributed by atoms with van der Waals surface area (Å²) >= 11 is 0. The highest BCUT2D eigenvalue weighted by Crippen LogP contribution is 2.19. The lowest BCUT2D eigenvalue weighted by molar-refractivity contribution is -0.116. The number of rotatable bonds is 3. The number of benzene rings is 2. The first-order valence-corrected chi connectivity index (χ1v) is 6.42. The van der Waals surface area contributed by atoms with Gasteiger partial charge in [-0.3, -0.25) is 4.79 Å². The highest BCUT2D eigenvalue weighted by atomic mass is 16.2. The molecule has 1 amide bonds. The van der Waals surface area contributed by atoms with Crippen molar-refractivity contribution in [1.82, 2.24) is 0 Å². The van der Waals surface area contributed by atoms with Gasteiger partial charge in [0.05, 0.1) is 11.4 Å². The van der Waals surface area contributed by atoms with Gasteiger partial charge in [0.15, 0.2) is 0 Å². The standard InChI is InChI=1S/C16H17N3O/c1-12-4-8-15(9-5-12)17-18-19(14(3)20)16-10-6-13(2)7-11-16/h4-11H,1-3H3. The number of hydrogen-bond donors (Lipinski definition) is 0. The van der Waals surface area contributed by atoms with Gasteiger partial charge in [0.25, 0.3) is 0 Å². The second-order valence-corrected chi connectivity index (χ2v) is 4.69. The molecule has 20 heavy (non-hydrogen) atoms. The Morgan fingerprint density at radius 1 is 0.900 bits per heavy atom. The van der Waals surface area contributed by atoms with Crippen LogP contribution in [0.5, 0.6) is 0 Å². The predicted molar refractivity (Wildman–Crippen MR) is 80.0 cm³/mol. The van der Waals surface area contributed by atoms with Gasteiger partial charge in [-0.15, -0.1) is 5.11 Å². The van der Waals surface area contributed by atoms with Crippen LogP contribution in [-0.4, -0.2) is 5.91 Å². The minimum Gasteiger partial charge on any atom is -0.273 e. The molecule has 102 valence electrons. The van der Waals surface area contributed by atoms with Crippen LogP contribution in [0.1, 0.15) is 18.1 Å². The summed E-state index contributed by atoms with van der Waals surface area (Å²) in [5, 5.41) is 9.42. The van der Waals surface area contributed by atoms with Crippen LogP contribution in [0.25, 0.3) is 0 Å². The average Bonchev–Trinajstić information content (AvgIpc) is 2.43. The van der Waals surface area contributed by atoms with Crippen molar-refractivity contribution in [3.8, 4) is 0 Å². The van der Waals surface area contributed by atoms with Gasteiger partial charge in [-0.2, -0.15) is 5.01 Å². The van der Waals surface area contributed by atoms with E-state index in [2.05, 4.69) is 10.3 Å². The van der Waals surface area contributed by atoms with E-state index in [1.54, 1.807) is 0 Å². The molecule has 0 radical (unpaired) electrons. The van der Waals surface area contributed by atoms with Crippen LogP contribution in [0.15, 0.2) is 58.9 Å². The van der Waals surface area contributed by atoms with Crippen molar-refractivity contribution in [2.75, 3.05) is 5.01 Å². The highest BCUT2D eigenvalue weighted by Gasteiger charge is 2.10. The number of amides is 1. The molecule has 0 aliphatic carbocycles. The van der Waals surface area contributed by atoms with Crippen LogP contribution in [0, 0.1) is 13.8 Å². The fraction of sp³-hybridized carbons (Fsp3) is 0.188. The lowest BCUT2D eigenvalue weighted by Gasteiger charge is -2.13. The molecule has 0 unspecified atom stereocenters. The van der Waals surface area contributed by atoms with E-state index in [1.165, 1.54) is 11.9 Å². The number of carbonyl (C=O) groups is 1. The summed E-state index contributed by atoms with van der Waals surface area (Å²) in [5.41, 5.74) is 3.71. The van der Waals surface area contributed by atoms with Crippen molar-refractivity contribution in [3.05, 3.63) is 59.7 Å². The van der Waals surface area contributed by atoms with E-state index in [9.17, 15) is 4.79 Å². The van der Waals surface area contributed by atoms with Crippen LogP contribution >= 0.6 is 0 Å². The summed E-state index contributed by atoms with van der Waals surface area (Å²) in [7, 11) is 0. The number of hydrogen-bond acceptors (Lipinski definition) is 3. The van der Waals surface area contributed by atoms with Crippen molar-refractivity contribution >= 4 is 17.3 Å². The third-order valence-electron chi connectivity index (χ3n) is 2.86. The van der Waals surface area contributed by atoms with Crippen LogP contribution in [0.3, 0.4) is 0 Å². The molecular formula is C16H17N3O. The Morgan fingerprint density at radius 2 is 1.40 bits per heavy atom. The first-order valence-electron chi connectivity index (χ1n) is 6.42. The molecule has 4 heteroatoms. The van der Waals surface area contributed by atoms with E-state index in [0.717, 1.165) is 11.1 Å². The number of aryl methyl sites for hydroxylation is 2. The highest BCUT2D eigenvalue weighted by molar-refractivity contribution is 5.90. The van der Waals surface area contributed by atoms with E-state index in [4.69, 9.17) is 0 Å². The molecule has 2 aromatic rings. The Labute approximate surface area is 118 Å². The fourth-order valence-corrected chi connectivity index (χ4v) is 1.69. The SMILES string of the molecule is CC(=O)N(N=Nc1ccc(C)cc1)c1ccc(C)cc1. The molecule has 0 saturated carbocycles. The van der Waals surface area contributed by atoms with Gasteiger partial charge in [0, 0.05) is 6.92 Å². The molecule has 0 saturated heterocycles. The number of carbonyl (C=O) groups excluding carboxylic acids is 1. The maximum atomic E-state index is 11.7. The zero-order valence-corrected chi connectivity index (χ0v) is 11.9. The van der Waals surface area contributed by atoms with E-state index in [-0.39, 0.29) is 5.91 Å². The molecule has 0 aliphatic heterocycles. The molecule has 0 aromatic heterocycles. The van der Waals surface area contributed by atoms with Gasteiger partial charge in [-0.1, -0.05) is 40.6 Å². The Morgan fingerprint density at radius 3 is 1.90 bits per heavy atom. The van der Waals surface area contributed by atoms with E-state index in [1.807, 2.05) is 62.4 Å². The Bertz CT molecular complexity index is 615. The number of nitrogens with zero attached hydrogens (tertiary/aromatic N) is 3. The number of anilines is 1. The molecule has 4 nitrogen and oxygen atoms in total. The van der Waals surface area contributed by atoms with Crippen molar-refractivity contribution in [3.63, 3.8) is 0 Å². The molecule has 2 aromatic carbocycles. The molecule has 2 rings (SSSR count). The second kappa shape index (κ2) is 6.10. The third-order valence-corrected chi connectivity index (χ3v) is 2.86. The minimum absolute atomic E-state index is 0.176. The normalized spacial score (nSPS) is 10.8. The Kier molecular flexibility index (Phi) is 4.25. The lowest BCUT2D eigenvalue weighted by Crippen LogP contribution is -2.21. The summed E-state index contributed by atoms with van der Waals surface area (Å²) in [6.45, 7) is 5.47. The van der Waals surface area contributed by atoms with Crippen molar-refractivity contribution in [1.29, 1.82) is 0 Å². The largest absolute Gasteiger partial charge is 0.273 e. The first-order chi connectivity index (χ1) is 9.56. The average molecular weight is 267 g/mol. The topological polar surface area (TPSA) is 45.0 Å². The summed E-state index contributed by atoms with van der Waals surface area (Å²) in [6, 6.07) is 15.2. The van der Waals surface area contributed by atoms with Gasteiger partial charge in [0.1, 0.15) is 0 Å². The van der Waals surface area contributed by atoms with Gasteiger partial charge >= 0.3 is 0 Å². The lowest BCUT2D eigenvalue weighted by atomic mass is 10.2. The van der Waals surface area contributed by atoms with E-state index < -0.39 is 0 Å². The zero-order chi connectivity index (χ0) is 14.5. The maximum absolute atomic E-state index is 11.7. The Hall–Kier alpha value is -2.49.